The Balaban J connectivity index is 1.72. The molecule has 174 valence electrons. The first-order valence-electron chi connectivity index (χ1n) is 10.3. The normalized spacial score (nSPS) is 11.0. The van der Waals surface area contributed by atoms with Gasteiger partial charge in [-0.25, -0.2) is 13.8 Å². The summed E-state index contributed by atoms with van der Waals surface area (Å²) in [6.45, 7) is 1.85. The Hall–Kier alpha value is -3.29. The number of aryl methyl sites for hydroxylation is 2. The van der Waals surface area contributed by atoms with Crippen LogP contribution in [0.5, 0.6) is 0 Å². The Morgan fingerprint density at radius 1 is 1.00 bits per heavy atom. The number of carbonyl (C=O) groups is 1. The Morgan fingerprint density at radius 2 is 1.79 bits per heavy atom. The molecule has 0 bridgehead atoms. The molecule has 0 radical (unpaired) electrons. The van der Waals surface area contributed by atoms with Crippen LogP contribution in [0.4, 0.5) is 8.78 Å². The molecule has 4 rings (SSSR count). The fraction of sp³-hybridized carbons (Fsp3) is 0.160. The van der Waals surface area contributed by atoms with Gasteiger partial charge in [0.2, 0.25) is 0 Å². The van der Waals surface area contributed by atoms with Crippen LogP contribution in [0.1, 0.15) is 27.3 Å². The summed E-state index contributed by atoms with van der Waals surface area (Å²) in [4.78, 5) is 19.2. The molecule has 5 nitrogen and oxygen atoms in total. The van der Waals surface area contributed by atoms with Crippen LogP contribution in [0.25, 0.3) is 11.1 Å². The number of amides is 1. The van der Waals surface area contributed by atoms with Gasteiger partial charge in [0.25, 0.3) is 5.91 Å². The van der Waals surface area contributed by atoms with Crippen molar-refractivity contribution in [2.24, 2.45) is 7.05 Å². The van der Waals surface area contributed by atoms with Gasteiger partial charge in [-0.3, -0.25) is 9.48 Å². The second-order valence-electron chi connectivity index (χ2n) is 7.89. The van der Waals surface area contributed by atoms with Crippen LogP contribution in [0.15, 0.2) is 60.9 Å². The van der Waals surface area contributed by atoms with E-state index in [2.05, 4.69) is 10.1 Å². The SMILES string of the molecule is Cc1ccc(C(=O)N(Cc2ncn(C)n2)Cc2ccc(F)cc2F)cc1-c1cc(Cl)ccc1Cl. The summed E-state index contributed by atoms with van der Waals surface area (Å²) in [7, 11) is 1.71. The molecule has 0 saturated carbocycles. The highest BCUT2D eigenvalue weighted by molar-refractivity contribution is 6.35. The average molecular weight is 501 g/mol. The fourth-order valence-corrected chi connectivity index (χ4v) is 4.01. The summed E-state index contributed by atoms with van der Waals surface area (Å²) in [5.41, 5.74) is 2.90. The van der Waals surface area contributed by atoms with Crippen molar-refractivity contribution in [3.8, 4) is 11.1 Å². The molecule has 0 aliphatic heterocycles. The molecule has 0 aliphatic rings. The molecule has 0 spiro atoms. The van der Waals surface area contributed by atoms with Crippen molar-refractivity contribution < 1.29 is 13.6 Å². The molecule has 1 aromatic heterocycles. The summed E-state index contributed by atoms with van der Waals surface area (Å²) in [6.07, 6.45) is 1.52. The summed E-state index contributed by atoms with van der Waals surface area (Å²) < 4.78 is 29.3. The zero-order valence-electron chi connectivity index (χ0n) is 18.4. The van der Waals surface area contributed by atoms with E-state index in [9.17, 15) is 13.6 Å². The Bertz CT molecular complexity index is 1370. The predicted molar refractivity (Wildman–Crippen MR) is 128 cm³/mol. The fourth-order valence-electron chi connectivity index (χ4n) is 3.61. The summed E-state index contributed by atoms with van der Waals surface area (Å²) >= 11 is 12.6. The maximum Gasteiger partial charge on any atom is 0.254 e. The summed E-state index contributed by atoms with van der Waals surface area (Å²) in [5, 5.41) is 5.25. The van der Waals surface area contributed by atoms with Crippen molar-refractivity contribution in [2.75, 3.05) is 0 Å². The number of hydrogen-bond acceptors (Lipinski definition) is 3. The third-order valence-corrected chi connectivity index (χ3v) is 5.91. The minimum Gasteiger partial charge on any atom is -0.327 e. The molecule has 1 amide bonds. The molecule has 3 aromatic carbocycles. The first-order valence-corrected chi connectivity index (χ1v) is 11.1. The number of aromatic nitrogens is 3. The minimum atomic E-state index is -0.734. The first kappa shape index (κ1) is 23.9. The molecular formula is C25H20Cl2F2N4O. The molecule has 1 heterocycles. The number of benzene rings is 3. The lowest BCUT2D eigenvalue weighted by Gasteiger charge is -2.23. The lowest BCUT2D eigenvalue weighted by atomic mass is 9.97. The van der Waals surface area contributed by atoms with Crippen LogP contribution in [-0.2, 0) is 20.1 Å². The van der Waals surface area contributed by atoms with Crippen LogP contribution in [0.3, 0.4) is 0 Å². The van der Waals surface area contributed by atoms with E-state index in [1.807, 2.05) is 13.0 Å². The topological polar surface area (TPSA) is 51.0 Å². The average Bonchev–Trinajstić information content (AvgIpc) is 3.21. The van der Waals surface area contributed by atoms with Crippen LogP contribution < -0.4 is 0 Å². The molecule has 9 heteroatoms. The monoisotopic (exact) mass is 500 g/mol. The highest BCUT2D eigenvalue weighted by Crippen LogP contribution is 2.33. The molecule has 0 N–H and O–H groups in total. The van der Waals surface area contributed by atoms with Gasteiger partial charge >= 0.3 is 0 Å². The van der Waals surface area contributed by atoms with Gasteiger partial charge in [-0.05, 0) is 54.4 Å². The number of rotatable bonds is 6. The van der Waals surface area contributed by atoms with E-state index in [0.29, 0.717) is 27.0 Å². The van der Waals surface area contributed by atoms with Crippen molar-refractivity contribution in [3.05, 3.63) is 105 Å². The molecule has 0 aliphatic carbocycles. The molecule has 0 saturated heterocycles. The van der Waals surface area contributed by atoms with E-state index in [-0.39, 0.29) is 24.6 Å². The number of halogens is 4. The highest BCUT2D eigenvalue weighted by Gasteiger charge is 2.21. The first-order chi connectivity index (χ1) is 16.2. The van der Waals surface area contributed by atoms with E-state index < -0.39 is 11.6 Å². The van der Waals surface area contributed by atoms with Gasteiger partial charge in [0.1, 0.15) is 18.0 Å². The zero-order chi connectivity index (χ0) is 24.4. The second-order valence-corrected chi connectivity index (χ2v) is 8.73. The van der Waals surface area contributed by atoms with E-state index in [0.717, 1.165) is 23.3 Å². The molecule has 34 heavy (non-hydrogen) atoms. The third-order valence-electron chi connectivity index (χ3n) is 5.35. The standard InChI is InChI=1S/C25H20Cl2F2N4O/c1-15-3-4-16(9-20(15)21-10-18(26)6-8-22(21)27)25(34)33(13-24-30-14-32(2)31-24)12-17-5-7-19(28)11-23(17)29/h3-11,14H,12-13H2,1-2H3. The Morgan fingerprint density at radius 3 is 2.50 bits per heavy atom. The summed E-state index contributed by atoms with van der Waals surface area (Å²) in [6, 6.07) is 13.6. The van der Waals surface area contributed by atoms with Gasteiger partial charge in [-0.1, -0.05) is 35.3 Å². The zero-order valence-corrected chi connectivity index (χ0v) is 19.9. The highest BCUT2D eigenvalue weighted by atomic mass is 35.5. The van der Waals surface area contributed by atoms with Crippen LogP contribution >= 0.6 is 23.2 Å². The molecule has 0 fully saturated rings. The lowest BCUT2D eigenvalue weighted by Crippen LogP contribution is -2.31. The van der Waals surface area contributed by atoms with Gasteiger partial charge in [0.05, 0.1) is 6.54 Å². The maximum absolute atomic E-state index is 14.4. The van der Waals surface area contributed by atoms with Crippen molar-refractivity contribution >= 4 is 29.1 Å². The molecule has 0 atom stereocenters. The van der Waals surface area contributed by atoms with Crippen LogP contribution in [0.2, 0.25) is 10.0 Å². The Labute approximate surface area is 205 Å². The van der Waals surface area contributed by atoms with E-state index in [1.165, 1.54) is 22.0 Å². The van der Waals surface area contributed by atoms with Gasteiger partial charge < -0.3 is 4.90 Å². The van der Waals surface area contributed by atoms with Crippen molar-refractivity contribution in [3.63, 3.8) is 0 Å². The third kappa shape index (κ3) is 5.26. The Kier molecular flexibility index (Phi) is 6.95. The number of hydrogen-bond donors (Lipinski definition) is 0. The van der Waals surface area contributed by atoms with Crippen molar-refractivity contribution in [1.29, 1.82) is 0 Å². The van der Waals surface area contributed by atoms with Gasteiger partial charge in [-0.15, -0.1) is 0 Å². The van der Waals surface area contributed by atoms with Gasteiger partial charge in [0, 0.05) is 46.4 Å². The molecule has 4 aromatic rings. The van der Waals surface area contributed by atoms with Crippen molar-refractivity contribution in [2.45, 2.75) is 20.0 Å². The largest absolute Gasteiger partial charge is 0.327 e. The number of carbonyl (C=O) groups excluding carboxylic acids is 1. The van der Waals surface area contributed by atoms with E-state index >= 15 is 0 Å². The number of nitrogens with zero attached hydrogens (tertiary/aromatic N) is 4. The molecular weight excluding hydrogens is 481 g/mol. The quantitative estimate of drug-likeness (QED) is 0.315. The van der Waals surface area contributed by atoms with Crippen LogP contribution in [0, 0.1) is 18.6 Å². The molecule has 0 unspecified atom stereocenters. The van der Waals surface area contributed by atoms with E-state index in [1.54, 1.807) is 37.4 Å². The van der Waals surface area contributed by atoms with Crippen molar-refractivity contribution in [1.82, 2.24) is 19.7 Å². The van der Waals surface area contributed by atoms with E-state index in [4.69, 9.17) is 23.2 Å². The second kappa shape index (κ2) is 9.91. The van der Waals surface area contributed by atoms with Gasteiger partial charge in [-0.2, -0.15) is 5.10 Å². The smallest absolute Gasteiger partial charge is 0.254 e. The van der Waals surface area contributed by atoms with Crippen LogP contribution in [-0.4, -0.2) is 25.6 Å². The predicted octanol–water partition coefficient (Wildman–Crippen LogP) is 6.22. The maximum atomic E-state index is 14.4. The summed E-state index contributed by atoms with van der Waals surface area (Å²) in [5.74, 6) is -1.40. The minimum absolute atomic E-state index is 0.0393. The lowest BCUT2D eigenvalue weighted by molar-refractivity contribution is 0.0723. The van der Waals surface area contributed by atoms with Gasteiger partial charge in [0.15, 0.2) is 5.82 Å².